The van der Waals surface area contributed by atoms with Crippen molar-refractivity contribution in [2.24, 2.45) is 0 Å². The molecule has 0 aliphatic carbocycles. The van der Waals surface area contributed by atoms with Crippen molar-refractivity contribution in [2.45, 2.75) is 32.5 Å². The Bertz CT molecular complexity index is 1030. The molecule has 0 aliphatic heterocycles. The molecule has 2 heterocycles. The van der Waals surface area contributed by atoms with Crippen LogP contribution in [0.3, 0.4) is 0 Å². The number of amides is 2. The van der Waals surface area contributed by atoms with Crippen molar-refractivity contribution < 1.29 is 9.59 Å². The zero-order chi connectivity index (χ0) is 21.7. The van der Waals surface area contributed by atoms with E-state index in [0.717, 1.165) is 27.5 Å². The second kappa shape index (κ2) is 9.90. The highest BCUT2D eigenvalue weighted by atomic mass is 32.2. The maximum absolute atomic E-state index is 12.5. The van der Waals surface area contributed by atoms with Crippen LogP contribution in [0.2, 0.25) is 0 Å². The quantitative estimate of drug-likeness (QED) is 0.535. The highest BCUT2D eigenvalue weighted by molar-refractivity contribution is 7.99. The Morgan fingerprint density at radius 1 is 1.20 bits per heavy atom. The minimum Gasteiger partial charge on any atom is -0.336 e. The van der Waals surface area contributed by atoms with E-state index in [2.05, 4.69) is 15.5 Å². The van der Waals surface area contributed by atoms with Gasteiger partial charge >= 0.3 is 0 Å². The van der Waals surface area contributed by atoms with Crippen molar-refractivity contribution in [3.8, 4) is 10.7 Å². The normalized spacial score (nSPS) is 10.8. The summed E-state index contributed by atoms with van der Waals surface area (Å²) >= 11 is 2.94. The zero-order valence-corrected chi connectivity index (χ0v) is 19.1. The first-order chi connectivity index (χ1) is 14.4. The molecule has 1 aromatic carbocycles. The summed E-state index contributed by atoms with van der Waals surface area (Å²) < 4.78 is 2.00. The molecule has 0 saturated carbocycles. The van der Waals surface area contributed by atoms with Gasteiger partial charge in [0.05, 0.1) is 17.2 Å². The molecule has 2 amide bonds. The van der Waals surface area contributed by atoms with Crippen LogP contribution in [0.15, 0.2) is 40.9 Å². The molecule has 2 aromatic heterocycles. The number of carbonyl (C=O) groups is 2. The predicted octanol–water partition coefficient (Wildman–Crippen LogP) is 3.83. The molecule has 0 aliphatic rings. The van der Waals surface area contributed by atoms with Crippen LogP contribution in [0.5, 0.6) is 0 Å². The van der Waals surface area contributed by atoms with Crippen LogP contribution in [0.25, 0.3) is 10.7 Å². The summed E-state index contributed by atoms with van der Waals surface area (Å²) in [4.78, 5) is 27.4. The molecule has 30 heavy (non-hydrogen) atoms. The number of aromatic nitrogens is 3. The van der Waals surface area contributed by atoms with Crippen molar-refractivity contribution in [2.75, 3.05) is 24.7 Å². The second-order valence-corrected chi connectivity index (χ2v) is 8.75. The van der Waals surface area contributed by atoms with Crippen molar-refractivity contribution in [1.29, 1.82) is 0 Å². The number of hydrogen-bond donors (Lipinski definition) is 1. The lowest BCUT2D eigenvalue weighted by Crippen LogP contribution is -2.36. The summed E-state index contributed by atoms with van der Waals surface area (Å²) in [5.74, 6) is 0.639. The van der Waals surface area contributed by atoms with E-state index in [-0.39, 0.29) is 24.1 Å². The third-order valence-electron chi connectivity index (χ3n) is 4.78. The predicted molar refractivity (Wildman–Crippen MR) is 122 cm³/mol. The van der Waals surface area contributed by atoms with E-state index in [9.17, 15) is 9.59 Å². The molecule has 0 saturated heterocycles. The van der Waals surface area contributed by atoms with Gasteiger partial charge in [0, 0.05) is 19.3 Å². The highest BCUT2D eigenvalue weighted by Crippen LogP contribution is 2.27. The molecular weight excluding hydrogens is 418 g/mol. The minimum atomic E-state index is -0.221. The first-order valence-corrected chi connectivity index (χ1v) is 11.5. The van der Waals surface area contributed by atoms with E-state index in [1.54, 1.807) is 18.4 Å². The van der Waals surface area contributed by atoms with Gasteiger partial charge in [0.25, 0.3) is 0 Å². The summed E-state index contributed by atoms with van der Waals surface area (Å²) in [6.07, 6.45) is 0. The lowest BCUT2D eigenvalue weighted by molar-refractivity contribution is -0.131. The van der Waals surface area contributed by atoms with E-state index in [1.807, 2.05) is 61.1 Å². The van der Waals surface area contributed by atoms with Gasteiger partial charge in [0.2, 0.25) is 11.8 Å². The molecule has 0 fully saturated rings. The average molecular weight is 444 g/mol. The fraction of sp³-hybridized carbons (Fsp3) is 0.333. The third-order valence-corrected chi connectivity index (χ3v) is 6.60. The van der Waals surface area contributed by atoms with Crippen LogP contribution in [0.1, 0.15) is 18.1 Å². The average Bonchev–Trinajstić information content (AvgIpc) is 3.38. The van der Waals surface area contributed by atoms with Gasteiger partial charge in [0.1, 0.15) is 0 Å². The van der Waals surface area contributed by atoms with Gasteiger partial charge in [-0.3, -0.25) is 9.59 Å². The van der Waals surface area contributed by atoms with E-state index in [4.69, 9.17) is 0 Å². The Morgan fingerprint density at radius 3 is 2.70 bits per heavy atom. The summed E-state index contributed by atoms with van der Waals surface area (Å²) in [5, 5.41) is 14.1. The standard InChI is InChI=1S/C21H25N5O2S2/c1-5-26-20(17-10-7-11-29-17)23-24-21(26)30-13-19(28)25(4)12-18(27)22-16-9-6-8-14(2)15(16)3/h6-11H,5,12-13H2,1-4H3,(H,22,27). The van der Waals surface area contributed by atoms with Crippen LogP contribution < -0.4 is 5.32 Å². The van der Waals surface area contributed by atoms with Gasteiger partial charge in [-0.25, -0.2) is 0 Å². The topological polar surface area (TPSA) is 80.1 Å². The number of nitrogens with zero attached hydrogens (tertiary/aromatic N) is 4. The largest absolute Gasteiger partial charge is 0.336 e. The Labute approximate surface area is 184 Å². The molecule has 0 bridgehead atoms. The number of anilines is 1. The summed E-state index contributed by atoms with van der Waals surface area (Å²) in [7, 11) is 1.63. The molecule has 1 N–H and O–H groups in total. The van der Waals surface area contributed by atoms with Crippen LogP contribution in [-0.4, -0.2) is 50.8 Å². The first kappa shape index (κ1) is 22.0. The first-order valence-electron chi connectivity index (χ1n) is 9.60. The number of nitrogens with one attached hydrogen (secondary N) is 1. The molecule has 0 atom stereocenters. The number of thioether (sulfide) groups is 1. The Morgan fingerprint density at radius 2 is 2.00 bits per heavy atom. The number of aryl methyl sites for hydroxylation is 1. The van der Waals surface area contributed by atoms with Gasteiger partial charge in [-0.15, -0.1) is 21.5 Å². The van der Waals surface area contributed by atoms with E-state index in [1.165, 1.54) is 16.7 Å². The van der Waals surface area contributed by atoms with Crippen molar-refractivity contribution >= 4 is 40.6 Å². The highest BCUT2D eigenvalue weighted by Gasteiger charge is 2.18. The number of carbonyl (C=O) groups excluding carboxylic acids is 2. The number of benzene rings is 1. The van der Waals surface area contributed by atoms with Gasteiger partial charge in [-0.1, -0.05) is 30.0 Å². The van der Waals surface area contributed by atoms with E-state index < -0.39 is 0 Å². The molecule has 3 rings (SSSR count). The molecule has 0 spiro atoms. The van der Waals surface area contributed by atoms with Crippen molar-refractivity contribution in [3.05, 3.63) is 46.8 Å². The minimum absolute atomic E-state index is 0.00626. The Hall–Kier alpha value is -2.65. The summed E-state index contributed by atoms with van der Waals surface area (Å²) in [6, 6.07) is 9.74. The molecule has 0 unspecified atom stereocenters. The molecule has 3 aromatic rings. The third kappa shape index (κ3) is 5.09. The monoisotopic (exact) mass is 443 g/mol. The fourth-order valence-electron chi connectivity index (χ4n) is 2.88. The molecule has 158 valence electrons. The van der Waals surface area contributed by atoms with Crippen molar-refractivity contribution in [3.63, 3.8) is 0 Å². The van der Waals surface area contributed by atoms with Crippen LogP contribution in [-0.2, 0) is 16.1 Å². The molecule has 0 radical (unpaired) electrons. The van der Waals surface area contributed by atoms with Gasteiger partial charge in [-0.2, -0.15) is 0 Å². The van der Waals surface area contributed by atoms with E-state index >= 15 is 0 Å². The van der Waals surface area contributed by atoms with Crippen LogP contribution >= 0.6 is 23.1 Å². The van der Waals surface area contributed by atoms with Crippen LogP contribution in [0.4, 0.5) is 5.69 Å². The number of thiophene rings is 1. The number of rotatable bonds is 8. The summed E-state index contributed by atoms with van der Waals surface area (Å²) in [6.45, 7) is 6.69. The fourth-order valence-corrected chi connectivity index (χ4v) is 4.55. The van der Waals surface area contributed by atoms with Gasteiger partial charge in [-0.05, 0) is 49.4 Å². The smallest absolute Gasteiger partial charge is 0.243 e. The van der Waals surface area contributed by atoms with Gasteiger partial charge in [0.15, 0.2) is 11.0 Å². The number of hydrogen-bond acceptors (Lipinski definition) is 6. The summed E-state index contributed by atoms with van der Waals surface area (Å²) in [5.41, 5.74) is 2.90. The SMILES string of the molecule is CCn1c(SCC(=O)N(C)CC(=O)Nc2cccc(C)c2C)nnc1-c1cccs1. The van der Waals surface area contributed by atoms with Crippen LogP contribution in [0, 0.1) is 13.8 Å². The molecular formula is C21H25N5O2S2. The second-order valence-electron chi connectivity index (χ2n) is 6.86. The van der Waals surface area contributed by atoms with Gasteiger partial charge < -0.3 is 14.8 Å². The lowest BCUT2D eigenvalue weighted by atomic mass is 10.1. The lowest BCUT2D eigenvalue weighted by Gasteiger charge is -2.17. The Balaban J connectivity index is 1.56. The maximum Gasteiger partial charge on any atom is 0.243 e. The molecule has 9 heteroatoms. The maximum atomic E-state index is 12.5. The Kier molecular flexibility index (Phi) is 7.28. The number of likely N-dealkylation sites (N-methyl/N-ethyl adjacent to an activating group) is 1. The van der Waals surface area contributed by atoms with E-state index in [0.29, 0.717) is 11.7 Å². The zero-order valence-electron chi connectivity index (χ0n) is 17.5. The molecule has 7 nitrogen and oxygen atoms in total. The van der Waals surface area contributed by atoms with Crippen molar-refractivity contribution in [1.82, 2.24) is 19.7 Å².